The van der Waals surface area contributed by atoms with Gasteiger partial charge in [0, 0.05) is 39.5 Å². The van der Waals surface area contributed by atoms with Gasteiger partial charge in [0.1, 0.15) is 0 Å². The van der Waals surface area contributed by atoms with Crippen molar-refractivity contribution in [3.05, 3.63) is 30.7 Å². The Morgan fingerprint density at radius 3 is 2.38 bits per heavy atom. The second-order valence-corrected chi connectivity index (χ2v) is 6.06. The quantitative estimate of drug-likeness (QED) is 0.376. The summed E-state index contributed by atoms with van der Waals surface area (Å²) in [6, 6.07) is 3.84. The van der Waals surface area contributed by atoms with Crippen molar-refractivity contribution in [2.24, 2.45) is 0 Å². The molecule has 2 N–H and O–H groups in total. The van der Waals surface area contributed by atoms with E-state index in [1.807, 2.05) is 36.0 Å². The van der Waals surface area contributed by atoms with E-state index in [0.29, 0.717) is 6.42 Å². The summed E-state index contributed by atoms with van der Waals surface area (Å²) in [6.45, 7) is 0.723. The molecule has 140 valence electrons. The first-order valence-electron chi connectivity index (χ1n) is 8.59. The zero-order chi connectivity index (χ0) is 18.8. The molecule has 2 rings (SSSR count). The standard InChI is InChI=1S/C17H25N7O2/c1-23(2)14-8-9-15(21-20-14)24(16-13-18-10-11-19-16)12-6-4-3-5-7-17(25)22-26/h8-11,13,26H,3-7,12H2,1-2H3,(H,22,25). The first-order chi connectivity index (χ1) is 12.6. The minimum atomic E-state index is -0.345. The summed E-state index contributed by atoms with van der Waals surface area (Å²) in [4.78, 5) is 23.4. The highest BCUT2D eigenvalue weighted by Gasteiger charge is 2.13. The summed E-state index contributed by atoms with van der Waals surface area (Å²) < 4.78 is 0. The van der Waals surface area contributed by atoms with Crippen LogP contribution in [0.4, 0.5) is 17.5 Å². The molecule has 0 radical (unpaired) electrons. The smallest absolute Gasteiger partial charge is 0.243 e. The second kappa shape index (κ2) is 10.2. The lowest BCUT2D eigenvalue weighted by Gasteiger charge is -2.22. The summed E-state index contributed by atoms with van der Waals surface area (Å²) in [5.74, 6) is 1.88. The van der Waals surface area contributed by atoms with Crippen LogP contribution in [0.15, 0.2) is 30.7 Å². The van der Waals surface area contributed by atoms with E-state index in [-0.39, 0.29) is 5.91 Å². The first kappa shape index (κ1) is 19.5. The Morgan fingerprint density at radius 1 is 1.04 bits per heavy atom. The van der Waals surface area contributed by atoms with Crippen LogP contribution in [-0.4, -0.2) is 51.9 Å². The molecule has 2 aromatic rings. The topological polar surface area (TPSA) is 107 Å². The van der Waals surface area contributed by atoms with Crippen LogP contribution < -0.4 is 15.3 Å². The molecule has 9 nitrogen and oxygen atoms in total. The molecule has 0 saturated heterocycles. The van der Waals surface area contributed by atoms with E-state index >= 15 is 0 Å². The van der Waals surface area contributed by atoms with Gasteiger partial charge in [-0.2, -0.15) is 0 Å². The number of nitrogens with zero attached hydrogens (tertiary/aromatic N) is 6. The molecule has 0 aromatic carbocycles. The SMILES string of the molecule is CN(C)c1ccc(N(CCCCCCC(=O)NO)c2cnccn2)nn1. The second-order valence-electron chi connectivity index (χ2n) is 6.06. The summed E-state index contributed by atoms with van der Waals surface area (Å²) in [6.07, 6.45) is 8.84. The molecule has 0 aliphatic heterocycles. The van der Waals surface area contributed by atoms with Gasteiger partial charge >= 0.3 is 0 Å². The van der Waals surface area contributed by atoms with Crippen LogP contribution in [-0.2, 0) is 4.79 Å². The Bertz CT molecular complexity index is 665. The maximum absolute atomic E-state index is 11.0. The fourth-order valence-electron chi connectivity index (χ4n) is 2.44. The number of hydroxylamine groups is 1. The summed E-state index contributed by atoms with van der Waals surface area (Å²) >= 11 is 0. The molecular formula is C17H25N7O2. The average Bonchev–Trinajstić information content (AvgIpc) is 2.68. The highest BCUT2D eigenvalue weighted by atomic mass is 16.5. The number of hydrogen-bond donors (Lipinski definition) is 2. The monoisotopic (exact) mass is 359 g/mol. The molecule has 0 unspecified atom stereocenters. The number of unbranched alkanes of at least 4 members (excludes halogenated alkanes) is 3. The molecule has 0 atom stereocenters. The Kier molecular flexibility index (Phi) is 7.69. The highest BCUT2D eigenvalue weighted by molar-refractivity contribution is 5.74. The van der Waals surface area contributed by atoms with Crippen molar-refractivity contribution >= 4 is 23.4 Å². The van der Waals surface area contributed by atoms with Crippen molar-refractivity contribution in [2.75, 3.05) is 30.4 Å². The van der Waals surface area contributed by atoms with Gasteiger partial charge in [0.25, 0.3) is 0 Å². The first-order valence-corrected chi connectivity index (χ1v) is 8.59. The number of hydrogen-bond acceptors (Lipinski definition) is 8. The van der Waals surface area contributed by atoms with Crippen molar-refractivity contribution < 1.29 is 10.0 Å². The molecule has 26 heavy (non-hydrogen) atoms. The maximum atomic E-state index is 11.0. The van der Waals surface area contributed by atoms with Crippen LogP contribution in [0.3, 0.4) is 0 Å². The number of carbonyl (C=O) groups excluding carboxylic acids is 1. The van der Waals surface area contributed by atoms with Gasteiger partial charge in [-0.25, -0.2) is 10.5 Å². The molecule has 0 bridgehead atoms. The third-order valence-corrected chi connectivity index (χ3v) is 3.86. The van der Waals surface area contributed by atoms with Gasteiger partial charge in [-0.1, -0.05) is 12.8 Å². The summed E-state index contributed by atoms with van der Waals surface area (Å²) in [5.41, 5.74) is 1.65. The number of aromatic nitrogens is 4. The van der Waals surface area contributed by atoms with Crippen LogP contribution in [0.1, 0.15) is 32.1 Å². The lowest BCUT2D eigenvalue weighted by molar-refractivity contribution is -0.129. The lowest BCUT2D eigenvalue weighted by Crippen LogP contribution is -2.22. The predicted molar refractivity (Wildman–Crippen MR) is 98.4 cm³/mol. The van der Waals surface area contributed by atoms with Gasteiger partial charge in [0.2, 0.25) is 5.91 Å². The Labute approximate surface area is 153 Å². The molecule has 0 aliphatic carbocycles. The van der Waals surface area contributed by atoms with Crippen molar-refractivity contribution in [2.45, 2.75) is 32.1 Å². The normalized spacial score (nSPS) is 10.4. The van der Waals surface area contributed by atoms with Crippen LogP contribution in [0, 0.1) is 0 Å². The van der Waals surface area contributed by atoms with E-state index in [2.05, 4.69) is 20.2 Å². The predicted octanol–water partition coefficient (Wildman–Crippen LogP) is 1.93. The van der Waals surface area contributed by atoms with Gasteiger partial charge in [-0.3, -0.25) is 15.0 Å². The lowest BCUT2D eigenvalue weighted by atomic mass is 10.1. The average molecular weight is 359 g/mol. The summed E-state index contributed by atoms with van der Waals surface area (Å²) in [5, 5.41) is 17.0. The minimum absolute atomic E-state index is 0.335. The Morgan fingerprint density at radius 2 is 1.77 bits per heavy atom. The fraction of sp³-hybridized carbons (Fsp3) is 0.471. The molecule has 2 heterocycles. The van der Waals surface area contributed by atoms with Crippen molar-refractivity contribution in [3.8, 4) is 0 Å². The number of amides is 1. The van der Waals surface area contributed by atoms with Gasteiger partial charge < -0.3 is 9.80 Å². The highest BCUT2D eigenvalue weighted by Crippen LogP contribution is 2.22. The van der Waals surface area contributed by atoms with E-state index in [1.165, 1.54) is 0 Å². The van der Waals surface area contributed by atoms with E-state index in [4.69, 9.17) is 5.21 Å². The maximum Gasteiger partial charge on any atom is 0.243 e. The minimum Gasteiger partial charge on any atom is -0.361 e. The molecule has 1 amide bonds. The molecular weight excluding hydrogens is 334 g/mol. The molecule has 0 saturated carbocycles. The zero-order valence-electron chi connectivity index (χ0n) is 15.2. The van der Waals surface area contributed by atoms with Gasteiger partial charge in [-0.15, -0.1) is 10.2 Å². The summed E-state index contributed by atoms with van der Waals surface area (Å²) in [7, 11) is 3.84. The van der Waals surface area contributed by atoms with Gasteiger partial charge in [0.15, 0.2) is 17.5 Å². The Balaban J connectivity index is 1.96. The van der Waals surface area contributed by atoms with Crippen LogP contribution >= 0.6 is 0 Å². The number of rotatable bonds is 10. The largest absolute Gasteiger partial charge is 0.361 e. The number of carbonyl (C=O) groups is 1. The Hall–Kier alpha value is -2.81. The van der Waals surface area contributed by atoms with Crippen LogP contribution in [0.25, 0.3) is 0 Å². The molecule has 2 aromatic heterocycles. The fourth-order valence-corrected chi connectivity index (χ4v) is 2.44. The van der Waals surface area contributed by atoms with Crippen LogP contribution in [0.5, 0.6) is 0 Å². The van der Waals surface area contributed by atoms with E-state index in [9.17, 15) is 4.79 Å². The molecule has 0 aliphatic rings. The van der Waals surface area contributed by atoms with Crippen LogP contribution in [0.2, 0.25) is 0 Å². The van der Waals surface area contributed by atoms with Crippen molar-refractivity contribution in [3.63, 3.8) is 0 Å². The third-order valence-electron chi connectivity index (χ3n) is 3.86. The third kappa shape index (κ3) is 5.92. The van der Waals surface area contributed by atoms with Crippen molar-refractivity contribution in [1.29, 1.82) is 0 Å². The molecule has 0 fully saturated rings. The number of anilines is 3. The van der Waals surface area contributed by atoms with Gasteiger partial charge in [0.05, 0.1) is 6.20 Å². The molecule has 9 heteroatoms. The van der Waals surface area contributed by atoms with E-state index in [0.717, 1.165) is 49.7 Å². The van der Waals surface area contributed by atoms with E-state index in [1.54, 1.807) is 24.1 Å². The van der Waals surface area contributed by atoms with E-state index < -0.39 is 0 Å². The van der Waals surface area contributed by atoms with Gasteiger partial charge in [-0.05, 0) is 25.0 Å². The molecule has 0 spiro atoms. The zero-order valence-corrected chi connectivity index (χ0v) is 15.2. The van der Waals surface area contributed by atoms with Crippen molar-refractivity contribution in [1.82, 2.24) is 25.6 Å². The number of nitrogens with one attached hydrogen (secondary N) is 1.